The van der Waals surface area contributed by atoms with Gasteiger partial charge < -0.3 is 15.2 Å². The number of hydrogen-bond donors (Lipinski definition) is 1. The van der Waals surface area contributed by atoms with Crippen LogP contribution in [0.25, 0.3) is 22.3 Å². The Morgan fingerprint density at radius 2 is 2.12 bits per heavy atom. The minimum atomic E-state index is -0.00515. The summed E-state index contributed by atoms with van der Waals surface area (Å²) in [6, 6.07) is 6.07. The van der Waals surface area contributed by atoms with Gasteiger partial charge in [0.2, 0.25) is 17.6 Å². The number of likely N-dealkylation sites (tertiary alicyclic amines) is 1. The van der Waals surface area contributed by atoms with Crippen LogP contribution in [0.3, 0.4) is 0 Å². The quantitative estimate of drug-likeness (QED) is 0.766. The SMILES string of the molecule is Cc1nn(C)c2cc(-c3noc(C4CCN(C(=O)CN)CC4)n3)ccc12. The molecule has 0 aliphatic carbocycles. The normalized spacial score (nSPS) is 15.7. The van der Waals surface area contributed by atoms with Crippen LogP contribution in [0, 0.1) is 6.92 Å². The molecular formula is C18H22N6O2. The van der Waals surface area contributed by atoms with Gasteiger partial charge >= 0.3 is 0 Å². The van der Waals surface area contributed by atoms with E-state index in [-0.39, 0.29) is 18.4 Å². The van der Waals surface area contributed by atoms with Gasteiger partial charge in [0, 0.05) is 37.0 Å². The van der Waals surface area contributed by atoms with Crippen LogP contribution in [0.4, 0.5) is 0 Å². The summed E-state index contributed by atoms with van der Waals surface area (Å²) in [6.45, 7) is 3.42. The summed E-state index contributed by atoms with van der Waals surface area (Å²) in [5, 5.41) is 9.72. The number of carbonyl (C=O) groups excluding carboxylic acids is 1. The van der Waals surface area contributed by atoms with E-state index in [2.05, 4.69) is 15.2 Å². The summed E-state index contributed by atoms with van der Waals surface area (Å²) in [4.78, 5) is 18.1. The number of nitrogens with two attached hydrogens (primary N) is 1. The maximum Gasteiger partial charge on any atom is 0.236 e. The lowest BCUT2D eigenvalue weighted by molar-refractivity contribution is -0.130. The highest BCUT2D eigenvalue weighted by Crippen LogP contribution is 2.29. The lowest BCUT2D eigenvalue weighted by Crippen LogP contribution is -2.41. The molecule has 1 amide bonds. The Morgan fingerprint density at radius 1 is 1.35 bits per heavy atom. The van der Waals surface area contributed by atoms with Crippen LogP contribution in [0.2, 0.25) is 0 Å². The fraction of sp³-hybridized carbons (Fsp3) is 0.444. The molecular weight excluding hydrogens is 332 g/mol. The first-order chi connectivity index (χ1) is 12.6. The van der Waals surface area contributed by atoms with E-state index in [1.165, 1.54) is 0 Å². The molecule has 0 unspecified atom stereocenters. The lowest BCUT2D eigenvalue weighted by Gasteiger charge is -2.30. The number of hydrogen-bond acceptors (Lipinski definition) is 6. The number of benzene rings is 1. The highest BCUT2D eigenvalue weighted by Gasteiger charge is 2.27. The van der Waals surface area contributed by atoms with E-state index in [0.717, 1.165) is 35.0 Å². The summed E-state index contributed by atoms with van der Waals surface area (Å²) >= 11 is 0. The van der Waals surface area contributed by atoms with Gasteiger partial charge in [0.25, 0.3) is 0 Å². The predicted octanol–water partition coefficient (Wildman–Crippen LogP) is 1.60. The highest BCUT2D eigenvalue weighted by molar-refractivity contribution is 5.85. The Labute approximate surface area is 151 Å². The zero-order valence-electron chi connectivity index (χ0n) is 15.0. The van der Waals surface area contributed by atoms with E-state index >= 15 is 0 Å². The minimum absolute atomic E-state index is 0.00515. The Bertz CT molecular complexity index is 952. The summed E-state index contributed by atoms with van der Waals surface area (Å²) in [6.07, 6.45) is 1.63. The minimum Gasteiger partial charge on any atom is -0.342 e. The molecule has 3 heterocycles. The maximum atomic E-state index is 11.7. The first kappa shape index (κ1) is 16.7. The van der Waals surface area contributed by atoms with Gasteiger partial charge in [-0.1, -0.05) is 17.3 Å². The number of aryl methyl sites for hydroxylation is 2. The molecule has 0 saturated carbocycles. The molecule has 8 nitrogen and oxygen atoms in total. The van der Waals surface area contributed by atoms with Crippen molar-refractivity contribution in [1.29, 1.82) is 0 Å². The molecule has 2 N–H and O–H groups in total. The van der Waals surface area contributed by atoms with Crippen LogP contribution >= 0.6 is 0 Å². The summed E-state index contributed by atoms with van der Waals surface area (Å²) < 4.78 is 7.38. The average Bonchev–Trinajstić information content (AvgIpc) is 3.26. The zero-order valence-corrected chi connectivity index (χ0v) is 15.0. The van der Waals surface area contributed by atoms with E-state index < -0.39 is 0 Å². The highest BCUT2D eigenvalue weighted by atomic mass is 16.5. The van der Waals surface area contributed by atoms with E-state index in [1.54, 1.807) is 4.90 Å². The molecule has 2 aromatic heterocycles. The van der Waals surface area contributed by atoms with Crippen LogP contribution in [0.15, 0.2) is 22.7 Å². The molecule has 0 spiro atoms. The largest absolute Gasteiger partial charge is 0.342 e. The van der Waals surface area contributed by atoms with Crippen molar-refractivity contribution in [2.24, 2.45) is 12.8 Å². The Kier molecular flexibility index (Phi) is 4.20. The number of fused-ring (bicyclic) bond motifs is 1. The van der Waals surface area contributed by atoms with Crippen LogP contribution in [-0.2, 0) is 11.8 Å². The second-order valence-electron chi connectivity index (χ2n) is 6.76. The third-order valence-electron chi connectivity index (χ3n) is 5.11. The molecule has 4 rings (SSSR count). The van der Waals surface area contributed by atoms with E-state index in [4.69, 9.17) is 10.3 Å². The van der Waals surface area contributed by atoms with Crippen molar-refractivity contribution in [1.82, 2.24) is 24.8 Å². The van der Waals surface area contributed by atoms with Crippen molar-refractivity contribution in [2.45, 2.75) is 25.7 Å². The number of carbonyl (C=O) groups is 1. The van der Waals surface area contributed by atoms with Gasteiger partial charge in [0.15, 0.2) is 0 Å². The maximum absolute atomic E-state index is 11.7. The van der Waals surface area contributed by atoms with E-state index in [9.17, 15) is 4.79 Å². The number of rotatable bonds is 3. The third kappa shape index (κ3) is 2.86. The molecule has 0 radical (unpaired) electrons. The average molecular weight is 354 g/mol. The van der Waals surface area contributed by atoms with Crippen LogP contribution in [0.1, 0.15) is 30.3 Å². The molecule has 1 aliphatic heterocycles. The van der Waals surface area contributed by atoms with Gasteiger partial charge in [-0.2, -0.15) is 10.1 Å². The van der Waals surface area contributed by atoms with Gasteiger partial charge in [0.1, 0.15) is 0 Å². The first-order valence-corrected chi connectivity index (χ1v) is 8.82. The molecule has 136 valence electrons. The fourth-order valence-electron chi connectivity index (χ4n) is 3.60. The van der Waals surface area contributed by atoms with Gasteiger partial charge in [-0.25, -0.2) is 0 Å². The summed E-state index contributed by atoms with van der Waals surface area (Å²) in [7, 11) is 1.93. The third-order valence-corrected chi connectivity index (χ3v) is 5.11. The zero-order chi connectivity index (χ0) is 18.3. The van der Waals surface area contributed by atoms with Gasteiger partial charge in [-0.15, -0.1) is 0 Å². The van der Waals surface area contributed by atoms with Gasteiger partial charge in [-0.05, 0) is 25.8 Å². The standard InChI is InChI=1S/C18H22N6O2/c1-11-14-4-3-13(9-15(14)23(2)21-11)17-20-18(26-22-17)12-5-7-24(8-6-12)16(25)10-19/h3-4,9,12H,5-8,10,19H2,1-2H3. The molecule has 0 atom stereocenters. The Hall–Kier alpha value is -2.74. The number of amides is 1. The topological polar surface area (TPSA) is 103 Å². The summed E-state index contributed by atoms with van der Waals surface area (Å²) in [5.41, 5.74) is 8.38. The Balaban J connectivity index is 1.53. The Morgan fingerprint density at radius 3 is 2.85 bits per heavy atom. The smallest absolute Gasteiger partial charge is 0.236 e. The molecule has 8 heteroatoms. The molecule has 1 saturated heterocycles. The van der Waals surface area contributed by atoms with Crippen molar-refractivity contribution >= 4 is 16.8 Å². The number of aromatic nitrogens is 4. The molecule has 3 aromatic rings. The molecule has 1 aromatic carbocycles. The second-order valence-corrected chi connectivity index (χ2v) is 6.76. The van der Waals surface area contributed by atoms with Crippen LogP contribution < -0.4 is 5.73 Å². The van der Waals surface area contributed by atoms with E-state index in [0.29, 0.717) is 24.8 Å². The van der Waals surface area contributed by atoms with E-state index in [1.807, 2.05) is 36.9 Å². The van der Waals surface area contributed by atoms with Crippen molar-refractivity contribution in [2.75, 3.05) is 19.6 Å². The first-order valence-electron chi connectivity index (χ1n) is 8.82. The van der Waals surface area contributed by atoms with Crippen molar-refractivity contribution in [3.05, 3.63) is 29.8 Å². The number of nitrogens with zero attached hydrogens (tertiary/aromatic N) is 5. The lowest BCUT2D eigenvalue weighted by atomic mass is 9.96. The molecule has 26 heavy (non-hydrogen) atoms. The van der Waals surface area contributed by atoms with Crippen molar-refractivity contribution < 1.29 is 9.32 Å². The van der Waals surface area contributed by atoms with Crippen molar-refractivity contribution in [3.63, 3.8) is 0 Å². The molecule has 1 aliphatic rings. The predicted molar refractivity (Wildman–Crippen MR) is 96.4 cm³/mol. The fourth-order valence-corrected chi connectivity index (χ4v) is 3.60. The van der Waals surface area contributed by atoms with Crippen LogP contribution in [-0.4, -0.2) is 50.4 Å². The molecule has 1 fully saturated rings. The van der Waals surface area contributed by atoms with Gasteiger partial charge in [-0.3, -0.25) is 9.48 Å². The van der Waals surface area contributed by atoms with Gasteiger partial charge in [0.05, 0.1) is 17.8 Å². The summed E-state index contributed by atoms with van der Waals surface area (Å²) in [5.74, 6) is 1.40. The second kappa shape index (κ2) is 6.53. The van der Waals surface area contributed by atoms with Crippen molar-refractivity contribution in [3.8, 4) is 11.4 Å². The van der Waals surface area contributed by atoms with Crippen LogP contribution in [0.5, 0.6) is 0 Å². The number of piperidine rings is 1. The monoisotopic (exact) mass is 354 g/mol. The molecule has 0 bridgehead atoms.